The Morgan fingerprint density at radius 2 is 1.30 bits per heavy atom. The van der Waals surface area contributed by atoms with Crippen LogP contribution < -0.4 is 0 Å². The molecule has 6 aromatic rings. The summed E-state index contributed by atoms with van der Waals surface area (Å²) in [5, 5.41) is 0.675. The van der Waals surface area contributed by atoms with Gasteiger partial charge in [-0.3, -0.25) is 4.98 Å². The van der Waals surface area contributed by atoms with E-state index in [9.17, 15) is 0 Å². The highest BCUT2D eigenvalue weighted by atomic mass is 127. The van der Waals surface area contributed by atoms with Gasteiger partial charge in [0, 0.05) is 24.2 Å². The van der Waals surface area contributed by atoms with Crippen molar-refractivity contribution in [2.75, 3.05) is 0 Å². The van der Waals surface area contributed by atoms with Crippen LogP contribution in [-0.4, -0.2) is 24.5 Å². The van der Waals surface area contributed by atoms with E-state index in [-0.39, 0.29) is 0 Å². The van der Waals surface area contributed by atoms with Gasteiger partial charge in [-0.1, -0.05) is 103 Å². The van der Waals surface area contributed by atoms with E-state index in [0.29, 0.717) is 5.02 Å². The zero-order valence-corrected chi connectivity index (χ0v) is 22.7. The Labute approximate surface area is 234 Å². The van der Waals surface area contributed by atoms with Gasteiger partial charge in [-0.2, -0.15) is 0 Å². The molecule has 0 atom stereocenters. The highest BCUT2D eigenvalue weighted by Gasteiger charge is 2.38. The van der Waals surface area contributed by atoms with E-state index in [2.05, 4.69) is 144 Å². The maximum absolute atomic E-state index is 5.93. The molecule has 5 nitrogen and oxygen atoms in total. The van der Waals surface area contributed by atoms with Crippen molar-refractivity contribution in [2.45, 2.75) is 5.54 Å². The third-order valence-corrected chi connectivity index (χ3v) is 6.96. The van der Waals surface area contributed by atoms with Crippen molar-refractivity contribution in [2.24, 2.45) is 0 Å². The van der Waals surface area contributed by atoms with Gasteiger partial charge in [0.15, 0.2) is 0 Å². The summed E-state index contributed by atoms with van der Waals surface area (Å²) >= 11 is 8.19. The summed E-state index contributed by atoms with van der Waals surface area (Å²) in [5.41, 5.74) is 4.92. The van der Waals surface area contributed by atoms with E-state index < -0.39 is 5.54 Å². The number of aromatic amines is 1. The molecule has 3 aromatic heterocycles. The van der Waals surface area contributed by atoms with E-state index in [0.717, 1.165) is 15.0 Å². The van der Waals surface area contributed by atoms with E-state index >= 15 is 0 Å². The molecule has 3 aromatic carbocycles. The number of aromatic nitrogens is 5. The monoisotopic (exact) mass is 615 g/mol. The minimum Gasteiger partial charge on any atom is -0.345 e. The van der Waals surface area contributed by atoms with Crippen molar-refractivity contribution in [3.63, 3.8) is 0 Å². The lowest BCUT2D eigenvalue weighted by Crippen LogP contribution is -2.36. The number of halogens is 2. The van der Waals surface area contributed by atoms with E-state index in [1.54, 1.807) is 31.0 Å². The minimum atomic E-state index is -0.458. The molecule has 0 amide bonds. The fourth-order valence-electron chi connectivity index (χ4n) is 4.45. The molecule has 0 aliphatic carbocycles. The second-order valence-corrected chi connectivity index (χ2v) is 9.75. The molecule has 3 heterocycles. The Morgan fingerprint density at radius 3 is 1.73 bits per heavy atom. The summed E-state index contributed by atoms with van der Waals surface area (Å²) in [6, 6.07) is 33.6. The molecule has 0 saturated heterocycles. The number of H-pyrrole nitrogens is 1. The molecule has 1 N–H and O–H groups in total. The number of rotatable bonds is 5. The predicted molar refractivity (Wildman–Crippen MR) is 156 cm³/mol. The van der Waals surface area contributed by atoms with Crippen LogP contribution in [0.1, 0.15) is 16.7 Å². The molecule has 0 aliphatic heterocycles. The Kier molecular flexibility index (Phi) is 7.77. The van der Waals surface area contributed by atoms with Crippen molar-refractivity contribution in [1.82, 2.24) is 24.5 Å². The normalized spacial score (nSPS) is 11.0. The second kappa shape index (κ2) is 11.5. The molecule has 182 valence electrons. The number of pyridine rings is 1. The third-order valence-electron chi connectivity index (χ3n) is 6.07. The lowest BCUT2D eigenvalue weighted by Gasteiger charge is -2.37. The molecular weight excluding hydrogens is 593 g/mol. The predicted octanol–water partition coefficient (Wildman–Crippen LogP) is 7.45. The van der Waals surface area contributed by atoms with Gasteiger partial charge in [-0.05, 0) is 45.3 Å². The standard InChI is InChI=1S/C22H17IN2.C8H6ClN3/c23-21-16-25(17-24-21)22(18-10-4-1-5-11-18,19-12-6-2-7-13-19)20-14-8-3-9-15-20;9-7-1-2-10-3-6(7)8-4-11-5-12-8/h1-17H;1-5H,(H,11,12). The lowest BCUT2D eigenvalue weighted by molar-refractivity contribution is 0.514. The van der Waals surface area contributed by atoms with Gasteiger partial charge < -0.3 is 9.55 Å². The second-order valence-electron chi connectivity index (χ2n) is 8.23. The first-order chi connectivity index (χ1) is 18.2. The molecule has 37 heavy (non-hydrogen) atoms. The quantitative estimate of drug-likeness (QED) is 0.162. The molecule has 0 aliphatic rings. The molecular formula is C30H23ClIN5. The highest BCUT2D eigenvalue weighted by Crippen LogP contribution is 2.40. The van der Waals surface area contributed by atoms with Gasteiger partial charge in [0.25, 0.3) is 0 Å². The van der Waals surface area contributed by atoms with Crippen LogP contribution in [0.5, 0.6) is 0 Å². The summed E-state index contributed by atoms with van der Waals surface area (Å²) in [6.45, 7) is 0. The highest BCUT2D eigenvalue weighted by molar-refractivity contribution is 14.1. The lowest BCUT2D eigenvalue weighted by atomic mass is 9.77. The van der Waals surface area contributed by atoms with Gasteiger partial charge in [0.1, 0.15) is 9.24 Å². The first kappa shape index (κ1) is 24.9. The molecule has 6 rings (SSSR count). The molecule has 0 bridgehead atoms. The molecule has 0 saturated carbocycles. The van der Waals surface area contributed by atoms with Crippen LogP contribution in [0.4, 0.5) is 0 Å². The number of imidazole rings is 2. The van der Waals surface area contributed by atoms with E-state index in [1.807, 2.05) is 6.33 Å². The maximum atomic E-state index is 5.93. The van der Waals surface area contributed by atoms with Crippen LogP contribution in [0.15, 0.2) is 135 Å². The average Bonchev–Trinajstić information content (AvgIpc) is 3.65. The first-order valence-electron chi connectivity index (χ1n) is 11.6. The summed E-state index contributed by atoms with van der Waals surface area (Å²) in [7, 11) is 0. The van der Waals surface area contributed by atoms with Crippen LogP contribution >= 0.6 is 34.2 Å². The molecule has 0 fully saturated rings. The van der Waals surface area contributed by atoms with Crippen molar-refractivity contribution in [1.29, 1.82) is 0 Å². The SMILES string of the molecule is Clc1ccncc1-c1cnc[nH]1.Ic1cn(C(c2ccccc2)(c2ccccc2)c2ccccc2)cn1. The van der Waals surface area contributed by atoms with Gasteiger partial charge in [-0.25, -0.2) is 9.97 Å². The van der Waals surface area contributed by atoms with Crippen LogP contribution in [0, 0.1) is 3.70 Å². The maximum Gasteiger partial charge on any atom is 0.121 e. The van der Waals surface area contributed by atoms with Crippen LogP contribution in [0.3, 0.4) is 0 Å². The van der Waals surface area contributed by atoms with Gasteiger partial charge in [0.2, 0.25) is 0 Å². The molecule has 0 radical (unpaired) electrons. The van der Waals surface area contributed by atoms with Crippen molar-refractivity contribution in [3.05, 3.63) is 160 Å². The third kappa shape index (κ3) is 5.21. The fourth-order valence-corrected chi connectivity index (χ4v) is 5.08. The smallest absolute Gasteiger partial charge is 0.121 e. The molecule has 0 unspecified atom stereocenters. The van der Waals surface area contributed by atoms with Crippen molar-refractivity contribution >= 4 is 34.2 Å². The number of benzene rings is 3. The fraction of sp³-hybridized carbons (Fsp3) is 0.0333. The van der Waals surface area contributed by atoms with E-state index in [1.165, 1.54) is 16.7 Å². The summed E-state index contributed by atoms with van der Waals surface area (Å²) < 4.78 is 3.19. The minimum absolute atomic E-state index is 0.458. The van der Waals surface area contributed by atoms with E-state index in [4.69, 9.17) is 11.6 Å². The largest absolute Gasteiger partial charge is 0.345 e. The zero-order valence-electron chi connectivity index (χ0n) is 19.7. The molecule has 7 heteroatoms. The van der Waals surface area contributed by atoms with Crippen LogP contribution in [-0.2, 0) is 5.54 Å². The van der Waals surface area contributed by atoms with Crippen LogP contribution in [0.25, 0.3) is 11.3 Å². The zero-order chi connectivity index (χ0) is 25.5. The topological polar surface area (TPSA) is 59.4 Å². The number of nitrogens with zero attached hydrogens (tertiary/aromatic N) is 4. The Balaban J connectivity index is 0.000000195. The average molecular weight is 616 g/mol. The first-order valence-corrected chi connectivity index (χ1v) is 13.1. The van der Waals surface area contributed by atoms with Crippen molar-refractivity contribution in [3.8, 4) is 11.3 Å². The number of nitrogens with one attached hydrogen (secondary N) is 1. The Hall–Kier alpha value is -3.75. The van der Waals surface area contributed by atoms with Gasteiger partial charge in [0.05, 0.1) is 29.6 Å². The van der Waals surface area contributed by atoms with Crippen LogP contribution in [0.2, 0.25) is 5.02 Å². The Morgan fingerprint density at radius 1 is 0.730 bits per heavy atom. The Bertz CT molecular complexity index is 1440. The van der Waals surface area contributed by atoms with Crippen molar-refractivity contribution < 1.29 is 0 Å². The number of hydrogen-bond donors (Lipinski definition) is 1. The summed E-state index contributed by atoms with van der Waals surface area (Å²) in [4.78, 5) is 15.3. The summed E-state index contributed by atoms with van der Waals surface area (Å²) in [5.74, 6) is 0. The van der Waals surface area contributed by atoms with Gasteiger partial charge in [-0.15, -0.1) is 0 Å². The molecule has 0 spiro atoms. The number of hydrogen-bond acceptors (Lipinski definition) is 3. The van der Waals surface area contributed by atoms with Gasteiger partial charge >= 0.3 is 0 Å². The summed E-state index contributed by atoms with van der Waals surface area (Å²) in [6.07, 6.45) is 10.7.